The van der Waals surface area contributed by atoms with Gasteiger partial charge in [-0.2, -0.15) is 10.5 Å². The van der Waals surface area contributed by atoms with Gasteiger partial charge in [-0.25, -0.2) is 0 Å². The Balaban J connectivity index is 4.96. The summed E-state index contributed by atoms with van der Waals surface area (Å²) in [5, 5.41) is 18.1. The monoisotopic (exact) mass is 192 g/mol. The molecule has 0 aromatic carbocycles. The van der Waals surface area contributed by atoms with Gasteiger partial charge in [0.15, 0.2) is 0 Å². The molecule has 0 amide bonds. The van der Waals surface area contributed by atoms with Crippen LogP contribution >= 0.6 is 0 Å². The lowest BCUT2D eigenvalue weighted by molar-refractivity contribution is 0.117. The van der Waals surface area contributed by atoms with Crippen LogP contribution in [0.5, 0.6) is 0 Å². The fourth-order valence-corrected chi connectivity index (χ4v) is 1.60. The van der Waals surface area contributed by atoms with Gasteiger partial charge in [-0.1, -0.05) is 40.5 Å². The van der Waals surface area contributed by atoms with Crippen LogP contribution in [0.2, 0.25) is 0 Å². The first-order valence-electron chi connectivity index (χ1n) is 5.18. The second-order valence-corrected chi connectivity index (χ2v) is 4.76. The minimum absolute atomic E-state index is 0.257. The minimum Gasteiger partial charge on any atom is -0.197 e. The Labute approximate surface area is 87.5 Å². The van der Waals surface area contributed by atoms with E-state index in [9.17, 15) is 0 Å². The Morgan fingerprint density at radius 3 is 1.86 bits per heavy atom. The summed E-state index contributed by atoms with van der Waals surface area (Å²) in [6.45, 7) is 10.0. The van der Waals surface area contributed by atoms with E-state index in [0.717, 1.165) is 12.8 Å². The number of nitrogens with zero attached hydrogens (tertiary/aromatic N) is 2. The molecule has 0 aliphatic heterocycles. The molecule has 0 aromatic rings. The summed E-state index contributed by atoms with van der Waals surface area (Å²) < 4.78 is 0. The summed E-state index contributed by atoms with van der Waals surface area (Å²) in [7, 11) is 0. The van der Waals surface area contributed by atoms with Gasteiger partial charge in [0.25, 0.3) is 0 Å². The molecule has 0 aliphatic rings. The molecule has 2 nitrogen and oxygen atoms in total. The van der Waals surface area contributed by atoms with Crippen LogP contribution in [0.3, 0.4) is 0 Å². The molecule has 0 saturated carbocycles. The fraction of sp³-hybridized carbons (Fsp3) is 0.833. The highest BCUT2D eigenvalue weighted by atomic mass is 14.5. The average Bonchev–Trinajstić information content (AvgIpc) is 2.16. The summed E-state index contributed by atoms with van der Waals surface area (Å²) in [6.07, 6.45) is 2.16. The van der Waals surface area contributed by atoms with E-state index >= 15 is 0 Å². The molecule has 0 aromatic heterocycles. The summed E-state index contributed by atoms with van der Waals surface area (Å²) in [5.74, 6) is 0.386. The van der Waals surface area contributed by atoms with Crippen molar-refractivity contribution in [3.05, 3.63) is 0 Å². The first kappa shape index (κ1) is 13.0. The molecule has 2 heteroatoms. The molecule has 0 aliphatic carbocycles. The van der Waals surface area contributed by atoms with Crippen molar-refractivity contribution >= 4 is 0 Å². The Hall–Kier alpha value is -1.02. The second kappa shape index (κ2) is 4.47. The van der Waals surface area contributed by atoms with Crippen molar-refractivity contribution in [2.75, 3.05) is 0 Å². The smallest absolute Gasteiger partial charge is 0.146 e. The predicted octanol–water partition coefficient (Wildman–Crippen LogP) is 3.50. The molecule has 14 heavy (non-hydrogen) atoms. The quantitative estimate of drug-likeness (QED) is 0.684. The maximum atomic E-state index is 9.07. The van der Waals surface area contributed by atoms with Crippen LogP contribution in [-0.2, 0) is 0 Å². The third-order valence-corrected chi connectivity index (χ3v) is 3.69. The standard InChI is InChI=1S/C12H20N2/c1-6-7-10(2)11(3,4)12(5,8-13)9-14/h10H,6-7H2,1-5H3. The van der Waals surface area contributed by atoms with Crippen molar-refractivity contribution in [2.45, 2.75) is 47.5 Å². The zero-order valence-corrected chi connectivity index (χ0v) is 9.89. The summed E-state index contributed by atoms with van der Waals surface area (Å²) in [5.41, 5.74) is -1.14. The second-order valence-electron chi connectivity index (χ2n) is 4.76. The van der Waals surface area contributed by atoms with Gasteiger partial charge in [0.1, 0.15) is 5.41 Å². The number of rotatable bonds is 4. The van der Waals surface area contributed by atoms with Crippen LogP contribution in [0, 0.1) is 39.4 Å². The van der Waals surface area contributed by atoms with Gasteiger partial charge in [-0.3, -0.25) is 0 Å². The predicted molar refractivity (Wildman–Crippen MR) is 57.2 cm³/mol. The topological polar surface area (TPSA) is 47.6 Å². The van der Waals surface area contributed by atoms with Crippen LogP contribution in [-0.4, -0.2) is 0 Å². The van der Waals surface area contributed by atoms with E-state index in [2.05, 4.69) is 26.0 Å². The molecule has 1 atom stereocenters. The van der Waals surface area contributed by atoms with E-state index < -0.39 is 5.41 Å². The Kier molecular flexibility index (Phi) is 4.14. The molecule has 0 rings (SSSR count). The summed E-state index contributed by atoms with van der Waals surface area (Å²) >= 11 is 0. The van der Waals surface area contributed by atoms with Crippen molar-refractivity contribution in [2.24, 2.45) is 16.7 Å². The highest BCUT2D eigenvalue weighted by Crippen LogP contribution is 2.45. The molecule has 0 radical (unpaired) electrons. The van der Waals surface area contributed by atoms with Crippen LogP contribution in [0.4, 0.5) is 0 Å². The van der Waals surface area contributed by atoms with Crippen LogP contribution in [0.1, 0.15) is 47.5 Å². The van der Waals surface area contributed by atoms with Crippen molar-refractivity contribution < 1.29 is 0 Å². The van der Waals surface area contributed by atoms with Crippen molar-refractivity contribution in [3.8, 4) is 12.1 Å². The van der Waals surface area contributed by atoms with Gasteiger partial charge in [0.2, 0.25) is 0 Å². The van der Waals surface area contributed by atoms with Crippen molar-refractivity contribution in [3.63, 3.8) is 0 Å². The maximum Gasteiger partial charge on any atom is 0.146 e. The Morgan fingerprint density at radius 1 is 1.14 bits per heavy atom. The van der Waals surface area contributed by atoms with E-state index in [-0.39, 0.29) is 5.41 Å². The summed E-state index contributed by atoms with van der Waals surface area (Å²) in [4.78, 5) is 0. The van der Waals surface area contributed by atoms with Gasteiger partial charge in [0.05, 0.1) is 12.1 Å². The molecular weight excluding hydrogens is 172 g/mol. The summed E-state index contributed by atoms with van der Waals surface area (Å²) in [6, 6.07) is 4.29. The minimum atomic E-state index is -0.887. The molecule has 0 spiro atoms. The normalized spacial score (nSPS) is 14.2. The van der Waals surface area contributed by atoms with Gasteiger partial charge in [-0.05, 0) is 18.3 Å². The first-order chi connectivity index (χ1) is 6.35. The molecule has 0 bridgehead atoms. The van der Waals surface area contributed by atoms with E-state index in [0.29, 0.717) is 5.92 Å². The van der Waals surface area contributed by atoms with Crippen molar-refractivity contribution in [1.29, 1.82) is 10.5 Å². The highest BCUT2D eigenvalue weighted by molar-refractivity contribution is 5.18. The molecular formula is C12H20N2. The van der Waals surface area contributed by atoms with Gasteiger partial charge >= 0.3 is 0 Å². The third kappa shape index (κ3) is 2.07. The van der Waals surface area contributed by atoms with E-state index in [1.807, 2.05) is 13.8 Å². The molecule has 0 fully saturated rings. The molecule has 78 valence electrons. The fourth-order valence-electron chi connectivity index (χ4n) is 1.60. The zero-order valence-electron chi connectivity index (χ0n) is 9.89. The Bertz CT molecular complexity index is 251. The van der Waals surface area contributed by atoms with Gasteiger partial charge < -0.3 is 0 Å². The maximum absolute atomic E-state index is 9.07. The molecule has 0 N–H and O–H groups in total. The van der Waals surface area contributed by atoms with Crippen molar-refractivity contribution in [1.82, 2.24) is 0 Å². The molecule has 1 unspecified atom stereocenters. The Morgan fingerprint density at radius 2 is 1.57 bits per heavy atom. The van der Waals surface area contributed by atoms with Crippen LogP contribution in [0.25, 0.3) is 0 Å². The highest BCUT2D eigenvalue weighted by Gasteiger charge is 2.45. The van der Waals surface area contributed by atoms with E-state index in [1.165, 1.54) is 0 Å². The van der Waals surface area contributed by atoms with Crippen LogP contribution in [0.15, 0.2) is 0 Å². The lowest BCUT2D eigenvalue weighted by Crippen LogP contribution is -2.38. The van der Waals surface area contributed by atoms with E-state index in [4.69, 9.17) is 10.5 Å². The first-order valence-corrected chi connectivity index (χ1v) is 5.18. The third-order valence-electron chi connectivity index (χ3n) is 3.69. The number of hydrogen-bond donors (Lipinski definition) is 0. The molecule has 0 saturated heterocycles. The number of hydrogen-bond acceptors (Lipinski definition) is 2. The lowest BCUT2D eigenvalue weighted by Gasteiger charge is -2.39. The lowest BCUT2D eigenvalue weighted by atomic mass is 9.61. The van der Waals surface area contributed by atoms with Gasteiger partial charge in [0, 0.05) is 0 Å². The average molecular weight is 192 g/mol. The molecule has 0 heterocycles. The van der Waals surface area contributed by atoms with Gasteiger partial charge in [-0.15, -0.1) is 0 Å². The SMILES string of the molecule is CCCC(C)C(C)(C)C(C)(C#N)C#N. The van der Waals surface area contributed by atoms with Crippen LogP contribution < -0.4 is 0 Å². The largest absolute Gasteiger partial charge is 0.197 e. The zero-order chi connectivity index (χ0) is 11.4. The van der Waals surface area contributed by atoms with E-state index in [1.54, 1.807) is 6.92 Å². The number of nitriles is 2.